The summed E-state index contributed by atoms with van der Waals surface area (Å²) in [4.78, 5) is -0.116. The number of aryl methyl sites for hydroxylation is 2. The predicted octanol–water partition coefficient (Wildman–Crippen LogP) is 4.26. The molecule has 0 saturated carbocycles. The molecular weight excluding hydrogens is 334 g/mol. The van der Waals surface area contributed by atoms with Crippen LogP contribution in [0.2, 0.25) is 0 Å². The van der Waals surface area contributed by atoms with Gasteiger partial charge in [0.25, 0.3) is 10.0 Å². The van der Waals surface area contributed by atoms with Gasteiger partial charge in [-0.3, -0.25) is 4.72 Å². The Morgan fingerprint density at radius 2 is 1.65 bits per heavy atom. The molecule has 3 nitrogen and oxygen atoms in total. The van der Waals surface area contributed by atoms with Crippen LogP contribution in [0, 0.1) is 19.7 Å². The summed E-state index contributed by atoms with van der Waals surface area (Å²) in [5.41, 5.74) is -0.839. The first-order valence-corrected chi connectivity index (χ1v) is 7.96. The van der Waals surface area contributed by atoms with E-state index >= 15 is 0 Å². The van der Waals surface area contributed by atoms with Gasteiger partial charge in [0.1, 0.15) is 5.82 Å². The van der Waals surface area contributed by atoms with Crippen molar-refractivity contribution in [3.8, 4) is 0 Å². The molecule has 0 bridgehead atoms. The molecular formula is C15H13F4NO2S. The van der Waals surface area contributed by atoms with E-state index in [1.54, 1.807) is 19.1 Å². The van der Waals surface area contributed by atoms with E-state index in [-0.39, 0.29) is 4.90 Å². The number of nitrogens with one attached hydrogen (secondary N) is 1. The van der Waals surface area contributed by atoms with Gasteiger partial charge in [-0.05, 0) is 49.2 Å². The first-order valence-electron chi connectivity index (χ1n) is 6.47. The van der Waals surface area contributed by atoms with Crippen LogP contribution in [0.1, 0.15) is 16.7 Å². The maximum atomic E-state index is 13.7. The molecule has 0 aliphatic carbocycles. The Bertz CT molecular complexity index is 845. The molecule has 2 aromatic carbocycles. The number of hydrogen-bond donors (Lipinski definition) is 1. The van der Waals surface area contributed by atoms with Crippen molar-refractivity contribution in [3.05, 3.63) is 58.9 Å². The zero-order valence-corrected chi connectivity index (χ0v) is 13.0. The normalized spacial score (nSPS) is 12.3. The van der Waals surface area contributed by atoms with Gasteiger partial charge in [0.15, 0.2) is 0 Å². The van der Waals surface area contributed by atoms with E-state index in [1.165, 1.54) is 13.0 Å². The van der Waals surface area contributed by atoms with Crippen LogP contribution in [0.25, 0.3) is 0 Å². The fraction of sp³-hybridized carbons (Fsp3) is 0.200. The lowest BCUT2D eigenvalue weighted by molar-refractivity contribution is -0.137. The second-order valence-corrected chi connectivity index (χ2v) is 6.72. The molecule has 0 fully saturated rings. The SMILES string of the molecule is Cc1ccc(C)c(S(=O)(=O)Nc2cc(C(F)(F)F)ccc2F)c1. The summed E-state index contributed by atoms with van der Waals surface area (Å²) < 4.78 is 78.2. The number of alkyl halides is 3. The maximum absolute atomic E-state index is 13.7. The first-order chi connectivity index (χ1) is 10.5. The minimum absolute atomic E-state index is 0.116. The molecule has 0 spiro atoms. The average Bonchev–Trinajstić information content (AvgIpc) is 2.42. The van der Waals surface area contributed by atoms with Crippen LogP contribution in [0.4, 0.5) is 23.2 Å². The topological polar surface area (TPSA) is 46.2 Å². The van der Waals surface area contributed by atoms with Gasteiger partial charge < -0.3 is 0 Å². The van der Waals surface area contributed by atoms with Gasteiger partial charge in [-0.2, -0.15) is 13.2 Å². The number of rotatable bonds is 3. The highest BCUT2D eigenvalue weighted by molar-refractivity contribution is 7.92. The first kappa shape index (κ1) is 17.3. The predicted molar refractivity (Wildman–Crippen MR) is 78.1 cm³/mol. The van der Waals surface area contributed by atoms with Crippen LogP contribution in [-0.2, 0) is 16.2 Å². The van der Waals surface area contributed by atoms with Crippen molar-refractivity contribution >= 4 is 15.7 Å². The quantitative estimate of drug-likeness (QED) is 0.843. The summed E-state index contributed by atoms with van der Waals surface area (Å²) in [5, 5.41) is 0. The molecule has 0 aliphatic heterocycles. The van der Waals surface area contributed by atoms with Crippen LogP contribution in [0.15, 0.2) is 41.3 Å². The zero-order valence-electron chi connectivity index (χ0n) is 12.2. The molecule has 0 heterocycles. The largest absolute Gasteiger partial charge is 0.416 e. The molecule has 8 heteroatoms. The van der Waals surface area contributed by atoms with Crippen LogP contribution in [-0.4, -0.2) is 8.42 Å². The molecule has 0 amide bonds. The van der Waals surface area contributed by atoms with Crippen LogP contribution in [0.5, 0.6) is 0 Å². The molecule has 0 radical (unpaired) electrons. The summed E-state index contributed by atoms with van der Waals surface area (Å²) in [5.74, 6) is -1.09. The third kappa shape index (κ3) is 3.82. The van der Waals surface area contributed by atoms with Crippen molar-refractivity contribution in [2.45, 2.75) is 24.9 Å². The van der Waals surface area contributed by atoms with Gasteiger partial charge in [-0.1, -0.05) is 12.1 Å². The smallest absolute Gasteiger partial charge is 0.277 e. The highest BCUT2D eigenvalue weighted by Crippen LogP contribution is 2.32. The van der Waals surface area contributed by atoms with Gasteiger partial charge in [0, 0.05) is 0 Å². The Labute approximate surface area is 131 Å². The second kappa shape index (κ2) is 5.84. The highest BCUT2D eigenvalue weighted by atomic mass is 32.2. The summed E-state index contributed by atoms with van der Waals surface area (Å²) in [6.07, 6.45) is -4.70. The molecule has 2 aromatic rings. The van der Waals surface area contributed by atoms with E-state index in [2.05, 4.69) is 0 Å². The Balaban J connectivity index is 2.47. The molecule has 124 valence electrons. The monoisotopic (exact) mass is 347 g/mol. The highest BCUT2D eigenvalue weighted by Gasteiger charge is 2.31. The summed E-state index contributed by atoms with van der Waals surface area (Å²) >= 11 is 0. The van der Waals surface area contributed by atoms with E-state index in [9.17, 15) is 26.0 Å². The summed E-state index contributed by atoms with van der Waals surface area (Å²) in [7, 11) is -4.21. The average molecular weight is 347 g/mol. The van der Waals surface area contributed by atoms with Crippen molar-refractivity contribution in [3.63, 3.8) is 0 Å². The second-order valence-electron chi connectivity index (χ2n) is 5.07. The standard InChI is InChI=1S/C15H13F4NO2S/c1-9-3-4-10(2)14(7-9)23(21,22)20-13-8-11(15(17,18)19)5-6-12(13)16/h3-8,20H,1-2H3. The van der Waals surface area contributed by atoms with E-state index < -0.39 is 33.3 Å². The molecule has 0 aliphatic rings. The number of halogens is 4. The van der Waals surface area contributed by atoms with Crippen LogP contribution in [0.3, 0.4) is 0 Å². The van der Waals surface area contributed by atoms with Gasteiger partial charge in [0.05, 0.1) is 16.1 Å². The molecule has 2 rings (SSSR count). The van der Waals surface area contributed by atoms with Gasteiger partial charge >= 0.3 is 6.18 Å². The third-order valence-electron chi connectivity index (χ3n) is 3.17. The number of hydrogen-bond acceptors (Lipinski definition) is 2. The van der Waals surface area contributed by atoms with E-state index in [0.717, 1.165) is 0 Å². The summed E-state index contributed by atoms with van der Waals surface area (Å²) in [6, 6.07) is 6.17. The third-order valence-corrected chi connectivity index (χ3v) is 4.68. The van der Waals surface area contributed by atoms with Crippen molar-refractivity contribution in [1.29, 1.82) is 0 Å². The molecule has 0 unspecified atom stereocenters. The van der Waals surface area contributed by atoms with E-state index in [1.807, 2.05) is 4.72 Å². The van der Waals surface area contributed by atoms with Crippen LogP contribution >= 0.6 is 0 Å². The van der Waals surface area contributed by atoms with E-state index in [4.69, 9.17) is 0 Å². The molecule has 0 saturated heterocycles. The molecule has 0 aromatic heterocycles. The Hall–Kier alpha value is -2.09. The fourth-order valence-electron chi connectivity index (χ4n) is 1.98. The lowest BCUT2D eigenvalue weighted by Crippen LogP contribution is -2.16. The number of sulfonamides is 1. The number of anilines is 1. The van der Waals surface area contributed by atoms with Crippen molar-refractivity contribution in [1.82, 2.24) is 0 Å². The molecule has 23 heavy (non-hydrogen) atoms. The lowest BCUT2D eigenvalue weighted by Gasteiger charge is -2.14. The van der Waals surface area contributed by atoms with Crippen molar-refractivity contribution in [2.24, 2.45) is 0 Å². The van der Waals surface area contributed by atoms with Crippen molar-refractivity contribution in [2.75, 3.05) is 4.72 Å². The Morgan fingerprint density at radius 3 is 2.26 bits per heavy atom. The fourth-order valence-corrected chi connectivity index (χ4v) is 3.37. The Morgan fingerprint density at radius 1 is 1.00 bits per heavy atom. The van der Waals surface area contributed by atoms with Gasteiger partial charge in [-0.25, -0.2) is 12.8 Å². The Kier molecular flexibility index (Phi) is 4.39. The number of benzene rings is 2. The van der Waals surface area contributed by atoms with E-state index in [0.29, 0.717) is 29.3 Å². The maximum Gasteiger partial charge on any atom is 0.416 e. The van der Waals surface area contributed by atoms with Gasteiger partial charge in [-0.15, -0.1) is 0 Å². The van der Waals surface area contributed by atoms with Crippen LogP contribution < -0.4 is 4.72 Å². The zero-order chi connectivity index (χ0) is 17.4. The molecule has 1 N–H and O–H groups in total. The minimum atomic E-state index is -4.70. The summed E-state index contributed by atoms with van der Waals surface area (Å²) in [6.45, 7) is 3.21. The lowest BCUT2D eigenvalue weighted by atomic mass is 10.2. The van der Waals surface area contributed by atoms with Crippen molar-refractivity contribution < 1.29 is 26.0 Å². The molecule has 0 atom stereocenters. The van der Waals surface area contributed by atoms with Gasteiger partial charge in [0.2, 0.25) is 0 Å². The minimum Gasteiger partial charge on any atom is -0.277 e.